The monoisotopic (exact) mass is 418 g/mol. The van der Waals surface area contributed by atoms with Gasteiger partial charge in [-0.15, -0.1) is 0 Å². The van der Waals surface area contributed by atoms with Crippen LogP contribution in [0, 0.1) is 17.6 Å². The number of aromatic nitrogens is 2. The van der Waals surface area contributed by atoms with Crippen molar-refractivity contribution < 1.29 is 22.0 Å². The maximum Gasteiger partial charge on any atom is 0.258 e. The molecule has 4 rings (SSSR count). The number of halogens is 2. The molecule has 1 aromatic heterocycles. The van der Waals surface area contributed by atoms with Crippen LogP contribution in [0.2, 0.25) is 0 Å². The molecule has 29 heavy (non-hydrogen) atoms. The summed E-state index contributed by atoms with van der Waals surface area (Å²) < 4.78 is 55.4. The normalized spacial score (nSPS) is 14.0. The van der Waals surface area contributed by atoms with Gasteiger partial charge in [-0.3, -0.25) is 9.52 Å². The van der Waals surface area contributed by atoms with Crippen molar-refractivity contribution >= 4 is 38.2 Å². The van der Waals surface area contributed by atoms with Crippen LogP contribution in [0.15, 0.2) is 42.9 Å². The van der Waals surface area contributed by atoms with Gasteiger partial charge in [-0.2, -0.15) is 0 Å². The quantitative estimate of drug-likeness (QED) is 0.640. The Morgan fingerprint density at radius 2 is 1.97 bits per heavy atom. The molecule has 1 aliphatic rings. The van der Waals surface area contributed by atoms with Crippen molar-refractivity contribution in [3.05, 3.63) is 60.1 Å². The Bertz CT molecular complexity index is 1210. The van der Waals surface area contributed by atoms with Gasteiger partial charge in [0, 0.05) is 11.6 Å². The summed E-state index contributed by atoms with van der Waals surface area (Å²) in [6.07, 6.45) is 4.39. The summed E-state index contributed by atoms with van der Waals surface area (Å²) in [7, 11) is -3.78. The third kappa shape index (κ3) is 4.16. The molecule has 3 aromatic rings. The Morgan fingerprint density at radius 1 is 1.17 bits per heavy atom. The van der Waals surface area contributed by atoms with Crippen LogP contribution in [-0.2, 0) is 10.0 Å². The fraction of sp³-hybridized carbons (Fsp3) is 0.211. The molecule has 0 spiro atoms. The number of rotatable bonds is 6. The Morgan fingerprint density at radius 3 is 2.72 bits per heavy atom. The smallest absolute Gasteiger partial charge is 0.258 e. The molecule has 150 valence electrons. The molecule has 1 saturated carbocycles. The zero-order valence-electron chi connectivity index (χ0n) is 15.0. The minimum atomic E-state index is -3.78. The molecule has 0 aliphatic heterocycles. The number of fused-ring (bicyclic) bond motifs is 1. The molecule has 1 aliphatic carbocycles. The lowest BCUT2D eigenvalue weighted by Crippen LogP contribution is -2.20. The standard InChI is InChI=1S/C19H16F2N4O3S/c20-14-6-7-15(25-29(27,28)9-11-4-5-11)16(21)18(14)24-19(26)13-3-1-2-12-8-22-10-23-17(12)13/h1-3,6-8,10-11,25H,4-5,9H2,(H,24,26). The predicted molar refractivity (Wildman–Crippen MR) is 104 cm³/mol. The topological polar surface area (TPSA) is 101 Å². The lowest BCUT2D eigenvalue weighted by atomic mass is 10.1. The number of benzene rings is 2. The highest BCUT2D eigenvalue weighted by Crippen LogP contribution is 2.32. The highest BCUT2D eigenvalue weighted by molar-refractivity contribution is 7.92. The summed E-state index contributed by atoms with van der Waals surface area (Å²) in [5, 5.41) is 2.77. The van der Waals surface area contributed by atoms with Crippen LogP contribution < -0.4 is 10.0 Å². The molecular formula is C19H16F2N4O3S. The molecule has 2 N–H and O–H groups in total. The summed E-state index contributed by atoms with van der Waals surface area (Å²) in [4.78, 5) is 20.5. The van der Waals surface area contributed by atoms with Gasteiger partial charge in [0.05, 0.1) is 22.5 Å². The van der Waals surface area contributed by atoms with E-state index in [2.05, 4.69) is 20.0 Å². The number of nitrogens with one attached hydrogen (secondary N) is 2. The van der Waals surface area contributed by atoms with Gasteiger partial charge in [-0.25, -0.2) is 27.2 Å². The van der Waals surface area contributed by atoms with Gasteiger partial charge < -0.3 is 5.32 Å². The Hall–Kier alpha value is -3.14. The summed E-state index contributed by atoms with van der Waals surface area (Å²) in [6.45, 7) is 0. The zero-order valence-corrected chi connectivity index (χ0v) is 15.8. The third-order valence-electron chi connectivity index (χ3n) is 4.53. The first-order valence-electron chi connectivity index (χ1n) is 8.82. The maximum atomic E-state index is 14.8. The van der Waals surface area contributed by atoms with E-state index >= 15 is 0 Å². The van der Waals surface area contributed by atoms with Crippen LogP contribution in [0.3, 0.4) is 0 Å². The molecule has 10 heteroatoms. The number of carbonyl (C=O) groups is 1. The number of para-hydroxylation sites is 1. The number of sulfonamides is 1. The average Bonchev–Trinajstić information content (AvgIpc) is 3.50. The molecule has 0 unspecified atom stereocenters. The van der Waals surface area contributed by atoms with Gasteiger partial charge in [-0.05, 0) is 37.0 Å². The van der Waals surface area contributed by atoms with Crippen LogP contribution in [0.1, 0.15) is 23.2 Å². The molecule has 0 radical (unpaired) electrons. The first-order chi connectivity index (χ1) is 13.8. The minimum Gasteiger partial charge on any atom is -0.317 e. The van der Waals surface area contributed by atoms with Crippen LogP contribution in [-0.4, -0.2) is 30.0 Å². The molecule has 0 atom stereocenters. The van der Waals surface area contributed by atoms with E-state index in [0.717, 1.165) is 25.0 Å². The van der Waals surface area contributed by atoms with Crippen molar-refractivity contribution in [1.29, 1.82) is 0 Å². The number of anilines is 2. The number of amides is 1. The Labute approximate surface area is 165 Å². The van der Waals surface area contributed by atoms with Crippen molar-refractivity contribution in [2.24, 2.45) is 5.92 Å². The van der Waals surface area contributed by atoms with Crippen molar-refractivity contribution in [1.82, 2.24) is 9.97 Å². The SMILES string of the molecule is O=C(Nc1c(F)ccc(NS(=O)(=O)CC2CC2)c1F)c1cccc2cncnc12. The summed E-state index contributed by atoms with van der Waals surface area (Å²) in [5.74, 6) is -3.08. The molecule has 1 heterocycles. The van der Waals surface area contributed by atoms with Crippen molar-refractivity contribution in [2.75, 3.05) is 15.8 Å². The van der Waals surface area contributed by atoms with E-state index in [1.807, 2.05) is 0 Å². The second-order valence-electron chi connectivity index (χ2n) is 6.83. The Balaban J connectivity index is 1.63. The lowest BCUT2D eigenvalue weighted by molar-refractivity contribution is 0.102. The number of hydrogen-bond donors (Lipinski definition) is 2. The van der Waals surface area contributed by atoms with E-state index in [9.17, 15) is 22.0 Å². The van der Waals surface area contributed by atoms with Gasteiger partial charge in [0.15, 0.2) is 5.82 Å². The van der Waals surface area contributed by atoms with Gasteiger partial charge in [0.2, 0.25) is 10.0 Å². The largest absolute Gasteiger partial charge is 0.317 e. The second-order valence-corrected chi connectivity index (χ2v) is 8.60. The molecule has 2 aromatic carbocycles. The molecule has 1 fully saturated rings. The van der Waals surface area contributed by atoms with Gasteiger partial charge in [-0.1, -0.05) is 12.1 Å². The van der Waals surface area contributed by atoms with Crippen LogP contribution in [0.25, 0.3) is 10.9 Å². The number of carbonyl (C=O) groups excluding carboxylic acids is 1. The number of nitrogens with zero attached hydrogens (tertiary/aromatic N) is 2. The highest BCUT2D eigenvalue weighted by atomic mass is 32.2. The zero-order chi connectivity index (χ0) is 20.6. The molecule has 7 nitrogen and oxygen atoms in total. The van der Waals surface area contributed by atoms with Gasteiger partial charge in [0.25, 0.3) is 5.91 Å². The minimum absolute atomic E-state index is 0.0588. The van der Waals surface area contributed by atoms with E-state index in [0.29, 0.717) is 10.9 Å². The van der Waals surface area contributed by atoms with E-state index in [1.54, 1.807) is 12.1 Å². The van der Waals surface area contributed by atoms with E-state index in [4.69, 9.17) is 0 Å². The summed E-state index contributed by atoms with van der Waals surface area (Å²) >= 11 is 0. The van der Waals surface area contributed by atoms with Crippen LogP contribution >= 0.6 is 0 Å². The van der Waals surface area contributed by atoms with Crippen LogP contribution in [0.4, 0.5) is 20.2 Å². The van der Waals surface area contributed by atoms with Crippen molar-refractivity contribution in [3.63, 3.8) is 0 Å². The fourth-order valence-corrected chi connectivity index (χ4v) is 4.46. The summed E-state index contributed by atoms with van der Waals surface area (Å²) in [6, 6.07) is 6.62. The fourth-order valence-electron chi connectivity index (χ4n) is 2.93. The number of hydrogen-bond acceptors (Lipinski definition) is 5. The highest BCUT2D eigenvalue weighted by Gasteiger charge is 2.29. The Kier molecular flexibility index (Phi) is 4.87. The molecular weight excluding hydrogens is 402 g/mol. The lowest BCUT2D eigenvalue weighted by Gasteiger charge is -2.13. The van der Waals surface area contributed by atoms with E-state index in [-0.39, 0.29) is 17.2 Å². The average molecular weight is 418 g/mol. The van der Waals surface area contributed by atoms with Gasteiger partial charge in [0.1, 0.15) is 17.8 Å². The molecule has 0 bridgehead atoms. The molecule has 1 amide bonds. The first kappa shape index (κ1) is 19.2. The van der Waals surface area contributed by atoms with Crippen molar-refractivity contribution in [3.8, 4) is 0 Å². The van der Waals surface area contributed by atoms with Crippen molar-refractivity contribution in [2.45, 2.75) is 12.8 Å². The second kappa shape index (κ2) is 7.36. The molecule has 0 saturated heterocycles. The maximum absolute atomic E-state index is 14.8. The predicted octanol–water partition coefficient (Wildman–Crippen LogP) is 3.31. The first-order valence-corrected chi connectivity index (χ1v) is 10.5. The van der Waals surface area contributed by atoms with E-state index < -0.39 is 38.9 Å². The van der Waals surface area contributed by atoms with Crippen LogP contribution in [0.5, 0.6) is 0 Å². The van der Waals surface area contributed by atoms with E-state index in [1.165, 1.54) is 18.6 Å². The third-order valence-corrected chi connectivity index (χ3v) is 5.97. The summed E-state index contributed by atoms with van der Waals surface area (Å²) in [5.41, 5.74) is -0.749. The van der Waals surface area contributed by atoms with Gasteiger partial charge >= 0.3 is 0 Å².